The van der Waals surface area contributed by atoms with Crippen molar-refractivity contribution in [3.05, 3.63) is 34.9 Å². The third-order valence-corrected chi connectivity index (χ3v) is 2.09. The van der Waals surface area contributed by atoms with Crippen LogP contribution in [0.2, 0.25) is 0 Å². The maximum Gasteiger partial charge on any atom is 0.0422 e. The Bertz CT molecular complexity index is 269. The van der Waals surface area contributed by atoms with Gasteiger partial charge in [-0.1, -0.05) is 23.8 Å². The van der Waals surface area contributed by atoms with E-state index >= 15 is 0 Å². The van der Waals surface area contributed by atoms with Gasteiger partial charge in [0.1, 0.15) is 0 Å². The molecular formula is C10H16N2. The van der Waals surface area contributed by atoms with Gasteiger partial charge in [-0.15, -0.1) is 0 Å². The average molecular weight is 164 g/mol. The summed E-state index contributed by atoms with van der Waals surface area (Å²) in [5.41, 5.74) is 15.0. The van der Waals surface area contributed by atoms with Crippen LogP contribution in [0.4, 0.5) is 0 Å². The molecule has 2 nitrogen and oxygen atoms in total. The summed E-state index contributed by atoms with van der Waals surface area (Å²) in [6.07, 6.45) is 0. The van der Waals surface area contributed by atoms with Crippen molar-refractivity contribution in [2.45, 2.75) is 19.9 Å². The minimum atomic E-state index is -0.0232. The minimum Gasteiger partial charge on any atom is -0.329 e. The molecule has 12 heavy (non-hydrogen) atoms. The molecule has 1 aromatic rings. The molecule has 0 radical (unpaired) electrons. The quantitative estimate of drug-likeness (QED) is 0.691. The predicted molar refractivity (Wildman–Crippen MR) is 51.9 cm³/mol. The highest BCUT2D eigenvalue weighted by Crippen LogP contribution is 2.16. The molecule has 0 spiro atoms. The van der Waals surface area contributed by atoms with Gasteiger partial charge in [0.05, 0.1) is 0 Å². The lowest BCUT2D eigenvalue weighted by molar-refractivity contribution is 0.731. The molecule has 4 N–H and O–H groups in total. The van der Waals surface area contributed by atoms with E-state index in [4.69, 9.17) is 11.5 Å². The van der Waals surface area contributed by atoms with E-state index in [1.54, 1.807) is 0 Å². The maximum absolute atomic E-state index is 5.84. The molecule has 1 rings (SSSR count). The van der Waals surface area contributed by atoms with Crippen molar-refractivity contribution in [2.24, 2.45) is 11.5 Å². The van der Waals surface area contributed by atoms with Crippen molar-refractivity contribution in [1.29, 1.82) is 0 Å². The van der Waals surface area contributed by atoms with Gasteiger partial charge < -0.3 is 11.5 Å². The second kappa shape index (κ2) is 3.70. The first-order valence-corrected chi connectivity index (χ1v) is 4.18. The molecule has 1 aromatic carbocycles. The van der Waals surface area contributed by atoms with Gasteiger partial charge in [-0.25, -0.2) is 0 Å². The summed E-state index contributed by atoms with van der Waals surface area (Å²) in [6.45, 7) is 4.63. The van der Waals surface area contributed by atoms with Crippen molar-refractivity contribution in [1.82, 2.24) is 0 Å². The van der Waals surface area contributed by atoms with Crippen LogP contribution in [0.25, 0.3) is 0 Å². The highest BCUT2D eigenvalue weighted by molar-refractivity contribution is 5.32. The Balaban J connectivity index is 3.04. The van der Waals surface area contributed by atoms with Crippen molar-refractivity contribution in [3.8, 4) is 0 Å². The highest BCUT2D eigenvalue weighted by Gasteiger charge is 2.05. The van der Waals surface area contributed by atoms with Gasteiger partial charge in [0.2, 0.25) is 0 Å². The van der Waals surface area contributed by atoms with E-state index in [0.29, 0.717) is 6.54 Å². The summed E-state index contributed by atoms with van der Waals surface area (Å²) in [5, 5.41) is 0. The van der Waals surface area contributed by atoms with Gasteiger partial charge in [0.15, 0.2) is 0 Å². The zero-order chi connectivity index (χ0) is 9.14. The Hall–Kier alpha value is -0.860. The second-order valence-corrected chi connectivity index (χ2v) is 3.20. The third-order valence-electron chi connectivity index (χ3n) is 2.09. The fraction of sp³-hybridized carbons (Fsp3) is 0.400. The van der Waals surface area contributed by atoms with Gasteiger partial charge in [0.25, 0.3) is 0 Å². The van der Waals surface area contributed by atoms with Crippen LogP contribution in [0, 0.1) is 13.8 Å². The first-order valence-electron chi connectivity index (χ1n) is 4.18. The Morgan fingerprint density at radius 2 is 2.00 bits per heavy atom. The van der Waals surface area contributed by atoms with E-state index in [0.717, 1.165) is 5.56 Å². The lowest BCUT2D eigenvalue weighted by Gasteiger charge is -2.12. The molecule has 66 valence electrons. The lowest BCUT2D eigenvalue weighted by atomic mass is 10.00. The van der Waals surface area contributed by atoms with E-state index in [1.165, 1.54) is 11.1 Å². The Morgan fingerprint density at radius 3 is 2.58 bits per heavy atom. The van der Waals surface area contributed by atoms with E-state index in [1.807, 2.05) is 0 Å². The van der Waals surface area contributed by atoms with Crippen LogP contribution in [0.3, 0.4) is 0 Å². The molecule has 0 saturated carbocycles. The summed E-state index contributed by atoms with van der Waals surface area (Å²) in [6, 6.07) is 6.25. The standard InChI is InChI=1S/C10H16N2/c1-7-3-4-8(2)9(5-7)10(12)6-11/h3-5,10H,6,11-12H2,1-2H3/t10-/m1/s1. The number of hydrogen-bond acceptors (Lipinski definition) is 2. The number of benzene rings is 1. The predicted octanol–water partition coefficient (Wildman–Crippen LogP) is 1.26. The van der Waals surface area contributed by atoms with Crippen LogP contribution in [-0.4, -0.2) is 6.54 Å². The van der Waals surface area contributed by atoms with Crippen LogP contribution < -0.4 is 11.5 Å². The summed E-state index contributed by atoms with van der Waals surface area (Å²) in [4.78, 5) is 0. The Labute approximate surface area is 73.6 Å². The fourth-order valence-electron chi connectivity index (χ4n) is 1.29. The Kier molecular flexibility index (Phi) is 2.84. The van der Waals surface area contributed by atoms with Crippen molar-refractivity contribution in [2.75, 3.05) is 6.54 Å². The lowest BCUT2D eigenvalue weighted by Crippen LogP contribution is -2.21. The first-order chi connectivity index (χ1) is 5.65. The molecule has 0 amide bonds. The zero-order valence-corrected chi connectivity index (χ0v) is 7.67. The van der Waals surface area contributed by atoms with Crippen LogP contribution >= 0.6 is 0 Å². The topological polar surface area (TPSA) is 52.0 Å². The summed E-state index contributed by atoms with van der Waals surface area (Å²) < 4.78 is 0. The molecule has 0 fully saturated rings. The smallest absolute Gasteiger partial charge is 0.0422 e. The highest BCUT2D eigenvalue weighted by atomic mass is 14.7. The average Bonchev–Trinajstić information content (AvgIpc) is 2.08. The van der Waals surface area contributed by atoms with Crippen LogP contribution in [-0.2, 0) is 0 Å². The molecule has 0 heterocycles. The number of aryl methyl sites for hydroxylation is 2. The molecule has 0 aliphatic rings. The van der Waals surface area contributed by atoms with E-state index in [2.05, 4.69) is 32.0 Å². The number of hydrogen-bond donors (Lipinski definition) is 2. The van der Waals surface area contributed by atoms with E-state index in [9.17, 15) is 0 Å². The van der Waals surface area contributed by atoms with E-state index in [-0.39, 0.29) is 6.04 Å². The van der Waals surface area contributed by atoms with Crippen LogP contribution in [0.15, 0.2) is 18.2 Å². The molecule has 0 bridgehead atoms. The van der Waals surface area contributed by atoms with Gasteiger partial charge in [-0.05, 0) is 25.0 Å². The largest absolute Gasteiger partial charge is 0.329 e. The molecule has 0 saturated heterocycles. The maximum atomic E-state index is 5.84. The molecular weight excluding hydrogens is 148 g/mol. The monoisotopic (exact) mass is 164 g/mol. The van der Waals surface area contributed by atoms with Gasteiger partial charge in [-0.3, -0.25) is 0 Å². The normalized spacial score (nSPS) is 13.0. The third kappa shape index (κ3) is 1.84. The fourth-order valence-corrected chi connectivity index (χ4v) is 1.29. The van der Waals surface area contributed by atoms with Crippen LogP contribution in [0.5, 0.6) is 0 Å². The summed E-state index contributed by atoms with van der Waals surface area (Å²) >= 11 is 0. The van der Waals surface area contributed by atoms with Crippen molar-refractivity contribution < 1.29 is 0 Å². The Morgan fingerprint density at radius 1 is 1.33 bits per heavy atom. The molecule has 0 aromatic heterocycles. The SMILES string of the molecule is Cc1ccc(C)c([C@H](N)CN)c1. The zero-order valence-electron chi connectivity index (χ0n) is 7.67. The molecule has 0 aliphatic carbocycles. The molecule has 2 heteroatoms. The first kappa shape index (κ1) is 9.23. The number of nitrogens with two attached hydrogens (primary N) is 2. The number of rotatable bonds is 2. The summed E-state index contributed by atoms with van der Waals surface area (Å²) in [5.74, 6) is 0. The van der Waals surface area contributed by atoms with E-state index < -0.39 is 0 Å². The minimum absolute atomic E-state index is 0.0232. The molecule has 0 aliphatic heterocycles. The molecule has 1 atom stereocenters. The second-order valence-electron chi connectivity index (χ2n) is 3.20. The molecule has 0 unspecified atom stereocenters. The van der Waals surface area contributed by atoms with Crippen molar-refractivity contribution >= 4 is 0 Å². The van der Waals surface area contributed by atoms with Gasteiger partial charge in [-0.2, -0.15) is 0 Å². The summed E-state index contributed by atoms with van der Waals surface area (Å²) in [7, 11) is 0. The van der Waals surface area contributed by atoms with Crippen molar-refractivity contribution in [3.63, 3.8) is 0 Å². The van der Waals surface area contributed by atoms with Crippen LogP contribution in [0.1, 0.15) is 22.7 Å². The van der Waals surface area contributed by atoms with Gasteiger partial charge in [0, 0.05) is 12.6 Å². The van der Waals surface area contributed by atoms with Gasteiger partial charge >= 0.3 is 0 Å².